The van der Waals surface area contributed by atoms with Crippen LogP contribution in [0.5, 0.6) is 11.5 Å². The standard InChI is InChI=1S/C18H22N2O4/c1-2-23-15-8-5-6-12-10-13(11-24-16(12)15)17(21)20-14-7-3-4-9-19-18(14)22/h5-6,8,10,14H,2-4,7,9,11H2,1H3,(H,19,22)(H,20,21)/t14-/m0/s1. The van der Waals surface area contributed by atoms with E-state index in [2.05, 4.69) is 10.6 Å². The summed E-state index contributed by atoms with van der Waals surface area (Å²) in [5.74, 6) is 0.957. The number of rotatable bonds is 4. The lowest BCUT2D eigenvalue weighted by Gasteiger charge is -2.21. The Morgan fingerprint density at radius 2 is 2.29 bits per heavy atom. The molecule has 0 aromatic heterocycles. The molecule has 0 saturated carbocycles. The summed E-state index contributed by atoms with van der Waals surface area (Å²) in [4.78, 5) is 24.4. The molecule has 2 aliphatic rings. The van der Waals surface area contributed by atoms with Crippen LogP contribution in [0.1, 0.15) is 31.7 Å². The molecule has 6 nitrogen and oxygen atoms in total. The van der Waals surface area contributed by atoms with E-state index >= 15 is 0 Å². The van der Waals surface area contributed by atoms with E-state index in [9.17, 15) is 9.59 Å². The number of carbonyl (C=O) groups excluding carboxylic acids is 2. The minimum Gasteiger partial charge on any atom is -0.490 e. The smallest absolute Gasteiger partial charge is 0.251 e. The predicted octanol–water partition coefficient (Wildman–Crippen LogP) is 1.65. The minimum atomic E-state index is -0.475. The van der Waals surface area contributed by atoms with Crippen molar-refractivity contribution in [3.05, 3.63) is 29.3 Å². The van der Waals surface area contributed by atoms with Gasteiger partial charge in [-0.25, -0.2) is 0 Å². The largest absolute Gasteiger partial charge is 0.490 e. The third kappa shape index (κ3) is 3.53. The zero-order chi connectivity index (χ0) is 16.9. The van der Waals surface area contributed by atoms with Gasteiger partial charge in [-0.15, -0.1) is 0 Å². The van der Waals surface area contributed by atoms with E-state index in [-0.39, 0.29) is 18.4 Å². The topological polar surface area (TPSA) is 76.7 Å². The average Bonchev–Trinajstić information content (AvgIpc) is 2.79. The second-order valence-electron chi connectivity index (χ2n) is 5.88. The van der Waals surface area contributed by atoms with E-state index in [4.69, 9.17) is 9.47 Å². The lowest BCUT2D eigenvalue weighted by Crippen LogP contribution is -2.46. The molecule has 1 fully saturated rings. The van der Waals surface area contributed by atoms with Crippen LogP contribution in [-0.4, -0.2) is 37.6 Å². The molecule has 2 amide bonds. The number of fused-ring (bicyclic) bond motifs is 1. The van der Waals surface area contributed by atoms with Gasteiger partial charge in [0, 0.05) is 12.1 Å². The number of amides is 2. The lowest BCUT2D eigenvalue weighted by molar-refractivity contribution is -0.127. The van der Waals surface area contributed by atoms with Crippen molar-refractivity contribution < 1.29 is 19.1 Å². The first kappa shape index (κ1) is 16.4. The van der Waals surface area contributed by atoms with E-state index in [0.29, 0.717) is 36.6 Å². The molecule has 6 heteroatoms. The number of hydrogen-bond donors (Lipinski definition) is 2. The van der Waals surface area contributed by atoms with Gasteiger partial charge in [-0.2, -0.15) is 0 Å². The molecule has 128 valence electrons. The van der Waals surface area contributed by atoms with Crippen molar-refractivity contribution in [3.8, 4) is 11.5 Å². The van der Waals surface area contributed by atoms with Gasteiger partial charge < -0.3 is 20.1 Å². The first-order valence-corrected chi connectivity index (χ1v) is 8.37. The molecule has 2 aliphatic heterocycles. The zero-order valence-electron chi connectivity index (χ0n) is 13.8. The van der Waals surface area contributed by atoms with Crippen molar-refractivity contribution in [2.45, 2.75) is 32.2 Å². The Labute approximate surface area is 141 Å². The second-order valence-corrected chi connectivity index (χ2v) is 5.88. The van der Waals surface area contributed by atoms with Gasteiger partial charge in [0.1, 0.15) is 12.6 Å². The van der Waals surface area contributed by atoms with E-state index in [0.717, 1.165) is 18.4 Å². The molecule has 0 unspecified atom stereocenters. The summed E-state index contributed by atoms with van der Waals surface area (Å²) in [6.45, 7) is 3.30. The first-order valence-electron chi connectivity index (χ1n) is 8.37. The summed E-state index contributed by atoms with van der Waals surface area (Å²) in [7, 11) is 0. The number of carbonyl (C=O) groups is 2. The third-order valence-corrected chi connectivity index (χ3v) is 4.14. The maximum Gasteiger partial charge on any atom is 0.251 e. The second kappa shape index (κ2) is 7.38. The van der Waals surface area contributed by atoms with Gasteiger partial charge >= 0.3 is 0 Å². The summed E-state index contributed by atoms with van der Waals surface area (Å²) in [6.07, 6.45) is 4.32. The van der Waals surface area contributed by atoms with Gasteiger partial charge in [0.05, 0.1) is 12.2 Å². The fraction of sp³-hybridized carbons (Fsp3) is 0.444. The Bertz CT molecular complexity index is 669. The molecule has 3 rings (SSSR count). The van der Waals surface area contributed by atoms with Crippen molar-refractivity contribution in [1.82, 2.24) is 10.6 Å². The van der Waals surface area contributed by atoms with E-state index in [1.807, 2.05) is 25.1 Å². The average molecular weight is 330 g/mol. The van der Waals surface area contributed by atoms with Crippen LogP contribution in [0.2, 0.25) is 0 Å². The summed E-state index contributed by atoms with van der Waals surface area (Å²) >= 11 is 0. The van der Waals surface area contributed by atoms with Crippen LogP contribution >= 0.6 is 0 Å². The van der Waals surface area contributed by atoms with Crippen molar-refractivity contribution in [3.63, 3.8) is 0 Å². The summed E-state index contributed by atoms with van der Waals surface area (Å²) in [5, 5.41) is 5.64. The Morgan fingerprint density at radius 3 is 3.12 bits per heavy atom. The van der Waals surface area contributed by atoms with E-state index in [1.165, 1.54) is 0 Å². The molecule has 0 radical (unpaired) electrons. The van der Waals surface area contributed by atoms with Crippen molar-refractivity contribution in [2.24, 2.45) is 0 Å². The van der Waals surface area contributed by atoms with E-state index < -0.39 is 6.04 Å². The highest BCUT2D eigenvalue weighted by Gasteiger charge is 2.26. The van der Waals surface area contributed by atoms with Gasteiger partial charge in [0.25, 0.3) is 5.91 Å². The van der Waals surface area contributed by atoms with Crippen molar-refractivity contribution in [2.75, 3.05) is 19.8 Å². The summed E-state index contributed by atoms with van der Waals surface area (Å²) in [6, 6.07) is 5.11. The van der Waals surface area contributed by atoms with Crippen LogP contribution in [0.15, 0.2) is 23.8 Å². The zero-order valence-corrected chi connectivity index (χ0v) is 13.8. The highest BCUT2D eigenvalue weighted by molar-refractivity contribution is 6.01. The molecule has 0 aliphatic carbocycles. The van der Waals surface area contributed by atoms with Gasteiger partial charge in [-0.1, -0.05) is 12.1 Å². The Kier molecular flexibility index (Phi) is 5.03. The van der Waals surface area contributed by atoms with Gasteiger partial charge in [0.15, 0.2) is 11.5 Å². The molecule has 0 bridgehead atoms. The maximum absolute atomic E-state index is 12.5. The van der Waals surface area contributed by atoms with Crippen LogP contribution in [0.25, 0.3) is 6.08 Å². The molecule has 24 heavy (non-hydrogen) atoms. The number of hydrogen-bond acceptors (Lipinski definition) is 4. The van der Waals surface area contributed by atoms with Crippen molar-refractivity contribution in [1.29, 1.82) is 0 Å². The maximum atomic E-state index is 12.5. The van der Waals surface area contributed by atoms with Gasteiger partial charge in [-0.3, -0.25) is 9.59 Å². The summed E-state index contributed by atoms with van der Waals surface area (Å²) < 4.78 is 11.3. The van der Waals surface area contributed by atoms with Crippen LogP contribution in [-0.2, 0) is 9.59 Å². The summed E-state index contributed by atoms with van der Waals surface area (Å²) in [5.41, 5.74) is 1.32. The molecule has 2 heterocycles. The van der Waals surface area contributed by atoms with Crippen LogP contribution in [0.3, 0.4) is 0 Å². The molecule has 1 atom stereocenters. The number of benzene rings is 1. The number of ether oxygens (including phenoxy) is 2. The quantitative estimate of drug-likeness (QED) is 0.880. The van der Waals surface area contributed by atoms with Crippen LogP contribution in [0, 0.1) is 0 Å². The fourth-order valence-electron chi connectivity index (χ4n) is 2.91. The molecule has 1 aromatic carbocycles. The monoisotopic (exact) mass is 330 g/mol. The lowest BCUT2D eigenvalue weighted by atomic mass is 10.1. The third-order valence-electron chi connectivity index (χ3n) is 4.14. The molecule has 1 aromatic rings. The van der Waals surface area contributed by atoms with Gasteiger partial charge in [0.2, 0.25) is 5.91 Å². The number of para-hydroxylation sites is 1. The van der Waals surface area contributed by atoms with Crippen LogP contribution < -0.4 is 20.1 Å². The van der Waals surface area contributed by atoms with Crippen LogP contribution in [0.4, 0.5) is 0 Å². The highest BCUT2D eigenvalue weighted by atomic mass is 16.5. The van der Waals surface area contributed by atoms with Crippen molar-refractivity contribution >= 4 is 17.9 Å². The number of nitrogens with one attached hydrogen (secondary N) is 2. The predicted molar refractivity (Wildman–Crippen MR) is 89.9 cm³/mol. The minimum absolute atomic E-state index is 0.114. The first-order chi connectivity index (χ1) is 11.7. The highest BCUT2D eigenvalue weighted by Crippen LogP contribution is 2.35. The molecule has 2 N–H and O–H groups in total. The molecule has 1 saturated heterocycles. The Hall–Kier alpha value is -2.50. The Morgan fingerprint density at radius 1 is 1.42 bits per heavy atom. The van der Waals surface area contributed by atoms with E-state index in [1.54, 1.807) is 6.08 Å². The SMILES string of the molecule is CCOc1cccc2c1OCC(C(=O)N[C@H]1CCCCNC1=O)=C2. The molecular formula is C18H22N2O4. The Balaban J connectivity index is 1.74. The van der Waals surface area contributed by atoms with Gasteiger partial charge in [-0.05, 0) is 38.3 Å². The normalized spacial score (nSPS) is 20.0. The fourth-order valence-corrected chi connectivity index (χ4v) is 2.91. The molecular weight excluding hydrogens is 308 g/mol. The molecule has 0 spiro atoms.